The molecule has 0 spiro atoms. The number of nitrogens with one attached hydrogen (secondary N) is 1. The number of anilines is 1. The van der Waals surface area contributed by atoms with Crippen LogP contribution >= 0.6 is 11.3 Å². The van der Waals surface area contributed by atoms with E-state index in [1.165, 1.54) is 23.5 Å². The third-order valence-corrected chi connectivity index (χ3v) is 7.96. The summed E-state index contributed by atoms with van der Waals surface area (Å²) in [6.07, 6.45) is 3.12. The van der Waals surface area contributed by atoms with Gasteiger partial charge in [0, 0.05) is 29.1 Å². The van der Waals surface area contributed by atoms with Crippen molar-refractivity contribution in [2.75, 3.05) is 5.32 Å². The van der Waals surface area contributed by atoms with Crippen LogP contribution in [0.3, 0.4) is 0 Å². The Morgan fingerprint density at radius 2 is 1.93 bits per heavy atom. The monoisotopic (exact) mass is 409 g/mol. The SMILES string of the molecule is CC12CCC(C(=O)Nc3nccs3)(c3nc4cc([N+](=O)[O-])ccc4nc31)C2(C)C. The third-order valence-electron chi connectivity index (χ3n) is 7.27. The summed E-state index contributed by atoms with van der Waals surface area (Å²) in [5, 5.41) is 16.5. The molecule has 2 aliphatic rings. The van der Waals surface area contributed by atoms with Gasteiger partial charge in [0.05, 0.1) is 32.8 Å². The maximum atomic E-state index is 13.6. The Balaban J connectivity index is 1.74. The summed E-state index contributed by atoms with van der Waals surface area (Å²) in [7, 11) is 0. The van der Waals surface area contributed by atoms with Gasteiger partial charge in [-0.1, -0.05) is 20.8 Å². The summed E-state index contributed by atoms with van der Waals surface area (Å²) in [5.74, 6) is -0.140. The van der Waals surface area contributed by atoms with Crippen LogP contribution in [0.2, 0.25) is 0 Å². The van der Waals surface area contributed by atoms with Crippen molar-refractivity contribution in [1.82, 2.24) is 15.0 Å². The van der Waals surface area contributed by atoms with E-state index in [1.807, 2.05) is 5.38 Å². The zero-order valence-corrected chi connectivity index (χ0v) is 17.0. The fourth-order valence-corrected chi connectivity index (χ4v) is 5.72. The number of nitro benzene ring substituents is 1. The van der Waals surface area contributed by atoms with Crippen LogP contribution in [0.15, 0.2) is 29.8 Å². The predicted octanol–water partition coefficient (Wildman–Crippen LogP) is 3.96. The summed E-state index contributed by atoms with van der Waals surface area (Å²) in [5.41, 5.74) is 0.859. The van der Waals surface area contributed by atoms with Crippen molar-refractivity contribution < 1.29 is 9.72 Å². The molecule has 1 fully saturated rings. The average Bonchev–Trinajstić information content (AvgIpc) is 3.29. The highest BCUT2D eigenvalue weighted by atomic mass is 32.1. The molecule has 2 unspecified atom stereocenters. The van der Waals surface area contributed by atoms with E-state index in [0.29, 0.717) is 28.3 Å². The lowest BCUT2D eigenvalue weighted by Crippen LogP contribution is -2.48. The van der Waals surface area contributed by atoms with Crippen molar-refractivity contribution in [3.8, 4) is 0 Å². The van der Waals surface area contributed by atoms with Gasteiger partial charge in [-0.15, -0.1) is 11.3 Å². The Hall–Kier alpha value is -2.94. The number of nitro groups is 1. The fourth-order valence-electron chi connectivity index (χ4n) is 5.19. The number of amides is 1. The van der Waals surface area contributed by atoms with E-state index in [4.69, 9.17) is 9.97 Å². The van der Waals surface area contributed by atoms with Crippen LogP contribution in [-0.2, 0) is 15.6 Å². The number of fused-ring (bicyclic) bond motifs is 6. The van der Waals surface area contributed by atoms with Crippen LogP contribution < -0.4 is 5.32 Å². The standard InChI is InChI=1S/C20H19N5O3S/c1-18(2)19(3)6-7-20(18,16(26)24-17-21-8-9-29-17)15-14(19)22-12-5-4-11(25(27)28)10-13(12)23-15/h4-5,8-10H,6-7H2,1-3H3,(H,21,24,26). The number of hydrogen-bond acceptors (Lipinski definition) is 7. The Kier molecular flexibility index (Phi) is 3.48. The van der Waals surface area contributed by atoms with Crippen LogP contribution in [0.4, 0.5) is 10.8 Å². The highest BCUT2D eigenvalue weighted by molar-refractivity contribution is 7.13. The number of hydrogen-bond donors (Lipinski definition) is 1. The topological polar surface area (TPSA) is 111 Å². The molecule has 2 bridgehead atoms. The molecule has 2 aliphatic carbocycles. The fraction of sp³-hybridized carbons (Fsp3) is 0.400. The molecular weight excluding hydrogens is 390 g/mol. The molecule has 2 heterocycles. The second-order valence-electron chi connectivity index (χ2n) is 8.50. The van der Waals surface area contributed by atoms with Gasteiger partial charge in [0.1, 0.15) is 0 Å². The first-order valence-electron chi connectivity index (χ1n) is 9.39. The van der Waals surface area contributed by atoms with Gasteiger partial charge in [0.15, 0.2) is 5.13 Å². The highest BCUT2D eigenvalue weighted by Gasteiger charge is 2.73. The lowest BCUT2D eigenvalue weighted by Gasteiger charge is -2.39. The normalized spacial score (nSPS) is 26.4. The summed E-state index contributed by atoms with van der Waals surface area (Å²) in [6, 6.07) is 4.50. The number of rotatable bonds is 3. The first-order chi connectivity index (χ1) is 13.7. The molecule has 1 N–H and O–H groups in total. The van der Waals surface area contributed by atoms with Gasteiger partial charge >= 0.3 is 0 Å². The van der Waals surface area contributed by atoms with Crippen molar-refractivity contribution in [2.24, 2.45) is 5.41 Å². The molecule has 1 saturated carbocycles. The molecule has 0 aliphatic heterocycles. The second kappa shape index (κ2) is 5.56. The lowest BCUT2D eigenvalue weighted by molar-refractivity contribution is -0.384. The highest BCUT2D eigenvalue weighted by Crippen LogP contribution is 2.70. The summed E-state index contributed by atoms with van der Waals surface area (Å²) in [6.45, 7) is 6.33. The molecule has 148 valence electrons. The number of benzene rings is 1. The molecule has 29 heavy (non-hydrogen) atoms. The number of carbonyl (C=O) groups excluding carboxylic acids is 1. The smallest absolute Gasteiger partial charge is 0.271 e. The van der Waals surface area contributed by atoms with Crippen molar-refractivity contribution in [3.63, 3.8) is 0 Å². The Bertz CT molecular complexity index is 1190. The number of nitrogens with zero attached hydrogens (tertiary/aromatic N) is 4. The van der Waals surface area contributed by atoms with E-state index in [0.717, 1.165) is 12.1 Å². The molecular formula is C20H19N5O3S. The Morgan fingerprint density at radius 3 is 2.62 bits per heavy atom. The summed E-state index contributed by atoms with van der Waals surface area (Å²) < 4.78 is 0. The summed E-state index contributed by atoms with van der Waals surface area (Å²) in [4.78, 5) is 38.2. The van der Waals surface area contributed by atoms with Crippen molar-refractivity contribution >= 4 is 39.1 Å². The van der Waals surface area contributed by atoms with Crippen LogP contribution in [0.25, 0.3) is 11.0 Å². The van der Waals surface area contributed by atoms with E-state index in [1.54, 1.807) is 12.3 Å². The van der Waals surface area contributed by atoms with Crippen LogP contribution in [0, 0.1) is 15.5 Å². The average molecular weight is 409 g/mol. The molecule has 3 aromatic rings. The summed E-state index contributed by atoms with van der Waals surface area (Å²) >= 11 is 1.37. The molecule has 5 rings (SSSR count). The molecule has 1 amide bonds. The third kappa shape index (κ3) is 2.08. The minimum Gasteiger partial charge on any atom is -0.301 e. The van der Waals surface area contributed by atoms with Gasteiger partial charge in [-0.3, -0.25) is 14.9 Å². The largest absolute Gasteiger partial charge is 0.301 e. The second-order valence-corrected chi connectivity index (χ2v) is 9.40. The van der Waals surface area contributed by atoms with Crippen molar-refractivity contribution in [2.45, 2.75) is 44.4 Å². The van der Waals surface area contributed by atoms with Crippen molar-refractivity contribution in [3.05, 3.63) is 51.3 Å². The molecule has 0 saturated heterocycles. The first kappa shape index (κ1) is 18.1. The number of aromatic nitrogens is 3. The molecule has 2 atom stereocenters. The zero-order chi connectivity index (χ0) is 20.6. The minimum atomic E-state index is -0.867. The van der Waals surface area contributed by atoms with Gasteiger partial charge in [0.25, 0.3) is 5.69 Å². The van der Waals surface area contributed by atoms with Gasteiger partial charge in [-0.25, -0.2) is 15.0 Å². The quantitative estimate of drug-likeness (QED) is 0.518. The number of non-ortho nitro benzene ring substituents is 1. The van der Waals surface area contributed by atoms with Crippen molar-refractivity contribution in [1.29, 1.82) is 0 Å². The number of thiazole rings is 1. The van der Waals surface area contributed by atoms with Gasteiger partial charge in [0.2, 0.25) is 5.91 Å². The van der Waals surface area contributed by atoms with Crippen LogP contribution in [0.1, 0.15) is 45.0 Å². The lowest BCUT2D eigenvalue weighted by atomic mass is 9.63. The van der Waals surface area contributed by atoms with E-state index in [2.05, 4.69) is 31.1 Å². The van der Waals surface area contributed by atoms with Gasteiger partial charge < -0.3 is 5.32 Å². The Labute approximate surface area is 170 Å². The van der Waals surface area contributed by atoms with Gasteiger partial charge in [-0.2, -0.15) is 0 Å². The molecule has 2 aromatic heterocycles. The van der Waals surface area contributed by atoms with E-state index in [-0.39, 0.29) is 17.0 Å². The molecule has 1 aromatic carbocycles. The molecule has 9 heteroatoms. The zero-order valence-electron chi connectivity index (χ0n) is 16.2. The van der Waals surface area contributed by atoms with E-state index >= 15 is 0 Å². The Morgan fingerprint density at radius 1 is 1.17 bits per heavy atom. The van der Waals surface area contributed by atoms with Gasteiger partial charge in [-0.05, 0) is 24.3 Å². The maximum Gasteiger partial charge on any atom is 0.271 e. The van der Waals surface area contributed by atoms with Crippen LogP contribution in [0.5, 0.6) is 0 Å². The molecule has 0 radical (unpaired) electrons. The van der Waals surface area contributed by atoms with Crippen LogP contribution in [-0.4, -0.2) is 25.8 Å². The predicted molar refractivity (Wildman–Crippen MR) is 109 cm³/mol. The molecule has 8 nitrogen and oxygen atoms in total. The van der Waals surface area contributed by atoms with E-state index < -0.39 is 15.8 Å². The minimum absolute atomic E-state index is 0.0401. The number of carbonyl (C=O) groups is 1. The van der Waals surface area contributed by atoms with E-state index in [9.17, 15) is 14.9 Å². The first-order valence-corrected chi connectivity index (χ1v) is 10.3. The maximum absolute atomic E-state index is 13.6.